The predicted octanol–water partition coefficient (Wildman–Crippen LogP) is 2.93. The Morgan fingerprint density at radius 2 is 1.65 bits per heavy atom. The Bertz CT molecular complexity index is 385. The van der Waals surface area contributed by atoms with Crippen molar-refractivity contribution in [3.63, 3.8) is 0 Å². The molecule has 0 saturated heterocycles. The van der Waals surface area contributed by atoms with Crippen LogP contribution in [0.5, 0.6) is 0 Å². The number of hydrogen-bond acceptors (Lipinski definition) is 2. The first-order valence-electron chi connectivity index (χ1n) is 6.32. The SMILES string of the molecule is CCC(N)(CC)C(=O)Cc1c(C)cccc1C. The zero-order valence-electron chi connectivity index (χ0n) is 11.3. The van der Waals surface area contributed by atoms with Crippen molar-refractivity contribution in [2.24, 2.45) is 5.73 Å². The molecule has 0 radical (unpaired) electrons. The van der Waals surface area contributed by atoms with E-state index < -0.39 is 5.54 Å². The van der Waals surface area contributed by atoms with Crippen LogP contribution in [0, 0.1) is 13.8 Å². The van der Waals surface area contributed by atoms with Crippen molar-refractivity contribution in [1.29, 1.82) is 0 Å². The van der Waals surface area contributed by atoms with E-state index in [0.717, 1.165) is 5.56 Å². The standard InChI is InChI=1S/C15H23NO/c1-5-15(16,6-2)14(17)10-13-11(3)8-7-9-12(13)4/h7-9H,5-6,10,16H2,1-4H3. The molecule has 2 heteroatoms. The number of carbonyl (C=O) groups is 1. The molecule has 1 aromatic rings. The summed E-state index contributed by atoms with van der Waals surface area (Å²) in [5.41, 5.74) is 8.96. The lowest BCUT2D eigenvalue weighted by molar-refractivity contribution is -0.123. The van der Waals surface area contributed by atoms with Gasteiger partial charge in [-0.2, -0.15) is 0 Å². The summed E-state index contributed by atoms with van der Waals surface area (Å²) in [7, 11) is 0. The Morgan fingerprint density at radius 1 is 1.18 bits per heavy atom. The van der Waals surface area contributed by atoms with Gasteiger partial charge in [-0.05, 0) is 43.4 Å². The highest BCUT2D eigenvalue weighted by Gasteiger charge is 2.29. The van der Waals surface area contributed by atoms with E-state index in [1.807, 2.05) is 45.9 Å². The van der Waals surface area contributed by atoms with Gasteiger partial charge < -0.3 is 5.73 Å². The van der Waals surface area contributed by atoms with E-state index in [-0.39, 0.29) is 5.78 Å². The van der Waals surface area contributed by atoms with Crippen LogP contribution >= 0.6 is 0 Å². The van der Waals surface area contributed by atoms with Crippen molar-refractivity contribution in [2.75, 3.05) is 0 Å². The van der Waals surface area contributed by atoms with Gasteiger partial charge in [0.05, 0.1) is 5.54 Å². The molecule has 1 rings (SSSR count). The van der Waals surface area contributed by atoms with Gasteiger partial charge in [0.1, 0.15) is 0 Å². The molecule has 0 bridgehead atoms. The van der Waals surface area contributed by atoms with Gasteiger partial charge in [-0.3, -0.25) is 4.79 Å². The summed E-state index contributed by atoms with van der Waals surface area (Å²) >= 11 is 0. The quantitative estimate of drug-likeness (QED) is 0.849. The van der Waals surface area contributed by atoms with Crippen LogP contribution in [0.2, 0.25) is 0 Å². The van der Waals surface area contributed by atoms with Gasteiger partial charge in [0.25, 0.3) is 0 Å². The summed E-state index contributed by atoms with van der Waals surface area (Å²) in [6, 6.07) is 6.12. The highest BCUT2D eigenvalue weighted by atomic mass is 16.1. The number of carbonyl (C=O) groups excluding carboxylic acids is 1. The summed E-state index contributed by atoms with van der Waals surface area (Å²) < 4.78 is 0. The largest absolute Gasteiger partial charge is 0.319 e. The van der Waals surface area contributed by atoms with E-state index in [9.17, 15) is 4.79 Å². The van der Waals surface area contributed by atoms with E-state index in [4.69, 9.17) is 5.73 Å². The smallest absolute Gasteiger partial charge is 0.156 e. The van der Waals surface area contributed by atoms with Crippen molar-refractivity contribution in [1.82, 2.24) is 0 Å². The topological polar surface area (TPSA) is 43.1 Å². The predicted molar refractivity (Wildman–Crippen MR) is 72.1 cm³/mol. The Labute approximate surface area is 104 Å². The second kappa shape index (κ2) is 5.46. The molecule has 0 atom stereocenters. The molecule has 1 aromatic carbocycles. The maximum atomic E-state index is 12.3. The van der Waals surface area contributed by atoms with Crippen LogP contribution < -0.4 is 5.73 Å². The zero-order valence-corrected chi connectivity index (χ0v) is 11.3. The van der Waals surface area contributed by atoms with E-state index in [1.54, 1.807) is 0 Å². The fourth-order valence-electron chi connectivity index (χ4n) is 2.11. The minimum absolute atomic E-state index is 0.153. The van der Waals surface area contributed by atoms with Gasteiger partial charge in [0.2, 0.25) is 0 Å². The fraction of sp³-hybridized carbons (Fsp3) is 0.533. The molecule has 0 spiro atoms. The number of ketones is 1. The first kappa shape index (κ1) is 13.9. The molecule has 2 nitrogen and oxygen atoms in total. The van der Waals surface area contributed by atoms with Crippen molar-refractivity contribution in [2.45, 2.75) is 52.5 Å². The summed E-state index contributed by atoms with van der Waals surface area (Å²) in [5.74, 6) is 0.153. The Morgan fingerprint density at radius 3 is 2.06 bits per heavy atom. The van der Waals surface area contributed by atoms with Crippen LogP contribution in [0.1, 0.15) is 43.4 Å². The van der Waals surface area contributed by atoms with Crippen LogP contribution in [-0.4, -0.2) is 11.3 Å². The lowest BCUT2D eigenvalue weighted by atomic mass is 9.84. The van der Waals surface area contributed by atoms with Gasteiger partial charge in [-0.25, -0.2) is 0 Å². The van der Waals surface area contributed by atoms with Crippen LogP contribution in [0.4, 0.5) is 0 Å². The number of hydrogen-bond donors (Lipinski definition) is 1. The molecule has 94 valence electrons. The molecule has 0 aliphatic rings. The number of nitrogens with two attached hydrogens (primary N) is 1. The molecule has 0 aliphatic heterocycles. The highest BCUT2D eigenvalue weighted by Crippen LogP contribution is 2.20. The number of Topliss-reactive ketones (excluding diaryl/α,β-unsaturated/α-hetero) is 1. The van der Waals surface area contributed by atoms with Gasteiger partial charge in [0, 0.05) is 6.42 Å². The average molecular weight is 233 g/mol. The van der Waals surface area contributed by atoms with Crippen molar-refractivity contribution in [3.05, 3.63) is 34.9 Å². The fourth-order valence-corrected chi connectivity index (χ4v) is 2.11. The minimum Gasteiger partial charge on any atom is -0.319 e. The first-order valence-corrected chi connectivity index (χ1v) is 6.32. The minimum atomic E-state index is -0.658. The van der Waals surface area contributed by atoms with Crippen molar-refractivity contribution >= 4 is 5.78 Å². The van der Waals surface area contributed by atoms with E-state index in [2.05, 4.69) is 0 Å². The number of rotatable bonds is 5. The average Bonchev–Trinajstić information content (AvgIpc) is 2.32. The van der Waals surface area contributed by atoms with Crippen LogP contribution in [0.15, 0.2) is 18.2 Å². The van der Waals surface area contributed by atoms with Gasteiger partial charge in [0.15, 0.2) is 5.78 Å². The summed E-state index contributed by atoms with van der Waals surface area (Å²) in [4.78, 5) is 12.3. The second-order valence-electron chi connectivity index (χ2n) is 4.83. The molecule has 0 amide bonds. The Kier molecular flexibility index (Phi) is 4.47. The summed E-state index contributed by atoms with van der Waals surface area (Å²) in [5, 5.41) is 0. The van der Waals surface area contributed by atoms with E-state index in [1.165, 1.54) is 11.1 Å². The molecule has 0 saturated carbocycles. The summed E-state index contributed by atoms with van der Waals surface area (Å²) in [6.45, 7) is 8.05. The monoisotopic (exact) mass is 233 g/mol. The Balaban J connectivity index is 2.96. The molecular formula is C15H23NO. The van der Waals surface area contributed by atoms with Gasteiger partial charge >= 0.3 is 0 Å². The molecule has 0 unspecified atom stereocenters. The van der Waals surface area contributed by atoms with Crippen LogP contribution in [0.25, 0.3) is 0 Å². The third-order valence-corrected chi connectivity index (χ3v) is 3.80. The first-order chi connectivity index (χ1) is 7.94. The number of aryl methyl sites for hydroxylation is 2. The maximum absolute atomic E-state index is 12.3. The third-order valence-electron chi connectivity index (χ3n) is 3.80. The van der Waals surface area contributed by atoms with Crippen LogP contribution in [-0.2, 0) is 11.2 Å². The third kappa shape index (κ3) is 2.95. The summed E-state index contributed by atoms with van der Waals surface area (Å²) in [6.07, 6.45) is 1.86. The second-order valence-corrected chi connectivity index (χ2v) is 4.83. The Hall–Kier alpha value is -1.15. The van der Waals surface area contributed by atoms with Crippen molar-refractivity contribution < 1.29 is 4.79 Å². The van der Waals surface area contributed by atoms with Gasteiger partial charge in [-0.1, -0.05) is 32.0 Å². The molecule has 17 heavy (non-hydrogen) atoms. The van der Waals surface area contributed by atoms with Crippen molar-refractivity contribution in [3.8, 4) is 0 Å². The molecule has 2 N–H and O–H groups in total. The van der Waals surface area contributed by atoms with E-state index >= 15 is 0 Å². The van der Waals surface area contributed by atoms with Crippen LogP contribution in [0.3, 0.4) is 0 Å². The highest BCUT2D eigenvalue weighted by molar-refractivity contribution is 5.90. The lowest BCUT2D eigenvalue weighted by Crippen LogP contribution is -2.47. The lowest BCUT2D eigenvalue weighted by Gasteiger charge is -2.25. The zero-order chi connectivity index (χ0) is 13.1. The maximum Gasteiger partial charge on any atom is 0.156 e. The molecular weight excluding hydrogens is 210 g/mol. The molecule has 0 fully saturated rings. The molecule has 0 heterocycles. The normalized spacial score (nSPS) is 11.6. The van der Waals surface area contributed by atoms with E-state index in [0.29, 0.717) is 19.3 Å². The number of benzene rings is 1. The molecule has 0 aromatic heterocycles. The van der Waals surface area contributed by atoms with Gasteiger partial charge in [-0.15, -0.1) is 0 Å². The molecule has 0 aliphatic carbocycles.